The number of hydrogen-bond donors (Lipinski definition) is 1. The first-order valence-electron chi connectivity index (χ1n) is 5.47. The lowest BCUT2D eigenvalue weighted by atomic mass is 9.88. The van der Waals surface area contributed by atoms with Gasteiger partial charge >= 0.3 is 0 Å². The van der Waals surface area contributed by atoms with Gasteiger partial charge in [-0.2, -0.15) is 0 Å². The quantitative estimate of drug-likeness (QED) is 0.745. The van der Waals surface area contributed by atoms with Crippen molar-refractivity contribution in [2.75, 3.05) is 0 Å². The number of rotatable bonds is 1. The van der Waals surface area contributed by atoms with E-state index >= 15 is 0 Å². The Kier molecular flexibility index (Phi) is 1.99. The summed E-state index contributed by atoms with van der Waals surface area (Å²) in [4.78, 5) is 0. The highest BCUT2D eigenvalue weighted by Gasteiger charge is 2.56. The highest BCUT2D eigenvalue weighted by atomic mass is 32.2. The van der Waals surface area contributed by atoms with Gasteiger partial charge in [-0.15, -0.1) is 11.8 Å². The van der Waals surface area contributed by atoms with Crippen LogP contribution in [-0.2, 0) is 4.75 Å². The Balaban J connectivity index is 2.04. The molecule has 1 aromatic carbocycles. The van der Waals surface area contributed by atoms with Gasteiger partial charge in [0, 0.05) is 5.25 Å². The zero-order chi connectivity index (χ0) is 11.3. The molecule has 1 aromatic rings. The maximum atomic E-state index is 9.56. The van der Waals surface area contributed by atoms with E-state index < -0.39 is 0 Å². The fraction of sp³-hybridized carbons (Fsp3) is 0.286. The third-order valence-electron chi connectivity index (χ3n) is 3.41. The number of hydrogen-bond acceptors (Lipinski definition) is 2. The Morgan fingerprint density at radius 1 is 1.31 bits per heavy atom. The molecule has 3 rings (SSSR count). The van der Waals surface area contributed by atoms with Gasteiger partial charge < -0.3 is 5.11 Å². The molecule has 1 N–H and O–H groups in total. The minimum atomic E-state index is 0.150. The van der Waals surface area contributed by atoms with Crippen molar-refractivity contribution in [3.05, 3.63) is 53.1 Å². The molecule has 82 valence electrons. The Bertz CT molecular complexity index is 515. The van der Waals surface area contributed by atoms with E-state index in [4.69, 9.17) is 0 Å². The van der Waals surface area contributed by atoms with Crippen molar-refractivity contribution >= 4 is 11.8 Å². The lowest BCUT2D eigenvalue weighted by Crippen LogP contribution is -2.12. The number of thioether (sulfide) groups is 1. The van der Waals surface area contributed by atoms with E-state index in [9.17, 15) is 5.11 Å². The zero-order valence-corrected chi connectivity index (χ0v) is 10.2. The number of fused-ring (bicyclic) bond motifs is 1. The van der Waals surface area contributed by atoms with Crippen LogP contribution in [0.1, 0.15) is 18.1 Å². The van der Waals surface area contributed by atoms with E-state index in [1.165, 1.54) is 11.1 Å². The summed E-state index contributed by atoms with van der Waals surface area (Å²) >= 11 is 1.99. The molecular weight excluding hydrogens is 216 g/mol. The predicted octanol–water partition coefficient (Wildman–Crippen LogP) is 3.53. The molecule has 1 saturated heterocycles. The van der Waals surface area contributed by atoms with Crippen molar-refractivity contribution in [3.63, 3.8) is 0 Å². The van der Waals surface area contributed by atoms with Gasteiger partial charge in [-0.25, -0.2) is 0 Å². The number of aryl methyl sites for hydroxylation is 1. The largest absolute Gasteiger partial charge is 0.508 e. The second-order valence-electron chi connectivity index (χ2n) is 4.56. The van der Waals surface area contributed by atoms with Crippen LogP contribution in [0.15, 0.2) is 42.0 Å². The topological polar surface area (TPSA) is 20.2 Å². The van der Waals surface area contributed by atoms with Crippen LogP contribution in [0.5, 0.6) is 5.75 Å². The van der Waals surface area contributed by atoms with Gasteiger partial charge in [0.1, 0.15) is 5.75 Å². The SMILES string of the molecule is CC1=CC=CC2(c3ccc(O)c(C)c3)SC12. The molecule has 1 aliphatic heterocycles. The molecule has 1 aliphatic carbocycles. The first-order chi connectivity index (χ1) is 7.63. The second kappa shape index (κ2) is 3.17. The van der Waals surface area contributed by atoms with Gasteiger partial charge in [-0.05, 0) is 31.0 Å². The van der Waals surface area contributed by atoms with Gasteiger partial charge in [-0.3, -0.25) is 0 Å². The van der Waals surface area contributed by atoms with Crippen molar-refractivity contribution < 1.29 is 5.11 Å². The van der Waals surface area contributed by atoms with E-state index in [1.807, 2.05) is 24.8 Å². The molecule has 1 fully saturated rings. The second-order valence-corrected chi connectivity index (χ2v) is 5.94. The van der Waals surface area contributed by atoms with Crippen LogP contribution in [0.4, 0.5) is 0 Å². The molecule has 0 bridgehead atoms. The molecule has 2 unspecified atom stereocenters. The minimum Gasteiger partial charge on any atom is -0.508 e. The van der Waals surface area contributed by atoms with Crippen LogP contribution >= 0.6 is 11.8 Å². The third-order valence-corrected chi connectivity index (χ3v) is 5.13. The maximum absolute atomic E-state index is 9.56. The minimum absolute atomic E-state index is 0.150. The van der Waals surface area contributed by atoms with Crippen LogP contribution in [0.3, 0.4) is 0 Å². The van der Waals surface area contributed by atoms with Gasteiger partial charge in [-0.1, -0.05) is 35.9 Å². The molecule has 1 nitrogen and oxygen atoms in total. The van der Waals surface area contributed by atoms with E-state index in [2.05, 4.69) is 31.2 Å². The van der Waals surface area contributed by atoms with Crippen molar-refractivity contribution in [2.45, 2.75) is 23.8 Å². The maximum Gasteiger partial charge on any atom is 0.118 e. The summed E-state index contributed by atoms with van der Waals surface area (Å²) in [5.41, 5.74) is 3.71. The number of benzene rings is 1. The molecule has 0 radical (unpaired) electrons. The van der Waals surface area contributed by atoms with Crippen LogP contribution < -0.4 is 0 Å². The predicted molar refractivity (Wildman–Crippen MR) is 68.8 cm³/mol. The van der Waals surface area contributed by atoms with Gasteiger partial charge in [0.2, 0.25) is 0 Å². The average molecular weight is 230 g/mol. The summed E-state index contributed by atoms with van der Waals surface area (Å²) in [6, 6.07) is 5.94. The first kappa shape index (κ1) is 10.0. The van der Waals surface area contributed by atoms with Crippen LogP contribution in [0, 0.1) is 6.92 Å². The van der Waals surface area contributed by atoms with Gasteiger partial charge in [0.05, 0.1) is 4.75 Å². The van der Waals surface area contributed by atoms with E-state index in [0.717, 1.165) is 5.56 Å². The summed E-state index contributed by atoms with van der Waals surface area (Å²) in [6.07, 6.45) is 6.62. The average Bonchev–Trinajstić information content (AvgIpc) is 2.99. The molecule has 2 aliphatic rings. The van der Waals surface area contributed by atoms with Crippen molar-refractivity contribution in [2.24, 2.45) is 0 Å². The Morgan fingerprint density at radius 2 is 2.12 bits per heavy atom. The molecule has 0 aromatic heterocycles. The third kappa shape index (κ3) is 1.26. The molecule has 16 heavy (non-hydrogen) atoms. The number of allylic oxidation sites excluding steroid dienone is 2. The molecular formula is C14H14OS. The number of aromatic hydroxyl groups is 1. The van der Waals surface area contributed by atoms with Crippen LogP contribution in [-0.4, -0.2) is 10.4 Å². The first-order valence-corrected chi connectivity index (χ1v) is 6.35. The zero-order valence-electron chi connectivity index (χ0n) is 9.40. The summed E-state index contributed by atoms with van der Waals surface area (Å²) < 4.78 is 0.150. The van der Waals surface area contributed by atoms with Crippen molar-refractivity contribution in [1.29, 1.82) is 0 Å². The van der Waals surface area contributed by atoms with Crippen LogP contribution in [0.2, 0.25) is 0 Å². The fourth-order valence-electron chi connectivity index (χ4n) is 2.36. The van der Waals surface area contributed by atoms with Crippen molar-refractivity contribution in [3.8, 4) is 5.75 Å². The van der Waals surface area contributed by atoms with Crippen LogP contribution in [0.25, 0.3) is 0 Å². The molecule has 2 atom stereocenters. The van der Waals surface area contributed by atoms with Gasteiger partial charge in [0.25, 0.3) is 0 Å². The monoisotopic (exact) mass is 230 g/mol. The normalized spacial score (nSPS) is 30.9. The van der Waals surface area contributed by atoms with E-state index in [1.54, 1.807) is 6.07 Å². The highest BCUT2D eigenvalue weighted by molar-refractivity contribution is 8.08. The number of phenols is 1. The number of phenolic OH excluding ortho intramolecular Hbond substituents is 1. The Labute approximate surface area is 99.9 Å². The highest BCUT2D eigenvalue weighted by Crippen LogP contribution is 2.66. The molecule has 0 amide bonds. The van der Waals surface area contributed by atoms with E-state index in [-0.39, 0.29) is 4.75 Å². The van der Waals surface area contributed by atoms with Gasteiger partial charge in [0.15, 0.2) is 0 Å². The molecule has 0 saturated carbocycles. The Morgan fingerprint density at radius 3 is 2.88 bits per heavy atom. The molecule has 0 spiro atoms. The lowest BCUT2D eigenvalue weighted by molar-refractivity contribution is 0.470. The summed E-state index contributed by atoms with van der Waals surface area (Å²) in [6.45, 7) is 4.14. The van der Waals surface area contributed by atoms with Crippen molar-refractivity contribution in [1.82, 2.24) is 0 Å². The summed E-state index contributed by atoms with van der Waals surface area (Å²) in [5.74, 6) is 0.384. The lowest BCUT2D eigenvalue weighted by Gasteiger charge is -2.15. The molecule has 2 heteroatoms. The standard InChI is InChI=1S/C14H14OS/c1-9-4-3-7-14(13(9)16-14)11-5-6-12(15)10(2)8-11/h3-8,13,15H,1-2H3. The Hall–Kier alpha value is -1.15. The summed E-state index contributed by atoms with van der Waals surface area (Å²) in [5, 5.41) is 10.2. The van der Waals surface area contributed by atoms with E-state index in [0.29, 0.717) is 11.0 Å². The molecule has 1 heterocycles. The smallest absolute Gasteiger partial charge is 0.118 e. The fourth-order valence-corrected chi connectivity index (χ4v) is 3.77. The summed E-state index contributed by atoms with van der Waals surface area (Å²) in [7, 11) is 0.